The van der Waals surface area contributed by atoms with Crippen molar-refractivity contribution in [1.29, 1.82) is 5.26 Å². The monoisotopic (exact) mass is 667 g/mol. The lowest BCUT2D eigenvalue weighted by molar-refractivity contribution is -0.137. The number of hydrogen-bond acceptors (Lipinski definition) is 6. The Morgan fingerprint density at radius 3 is 2.30 bits per heavy atom. The Labute approximate surface area is 262 Å². The van der Waals surface area contributed by atoms with Crippen LogP contribution in [-0.4, -0.2) is 45.9 Å². The molecule has 14 heteroatoms. The molecule has 1 fully saturated rings. The minimum absolute atomic E-state index is 0.0814. The Balaban J connectivity index is 1.55. The molecule has 1 amide bonds. The SMILES string of the molecule is CCS(=O)(=O)c1ccc([C@H](CC#N)NC(=O)c2ccc(N3C[C@H](c4ccc(C(F)(F)F)cc4)CC[C@H]3COC(F)F)cc2F)cc1. The molecule has 3 aromatic carbocycles. The van der Waals surface area contributed by atoms with Crippen LogP contribution in [0.1, 0.15) is 65.2 Å². The van der Waals surface area contributed by atoms with Crippen molar-refractivity contribution >= 4 is 21.4 Å². The van der Waals surface area contributed by atoms with Gasteiger partial charge in [0.2, 0.25) is 0 Å². The molecule has 46 heavy (non-hydrogen) atoms. The Morgan fingerprint density at radius 2 is 1.74 bits per heavy atom. The van der Waals surface area contributed by atoms with E-state index in [2.05, 4.69) is 10.1 Å². The molecule has 4 rings (SSSR count). The fourth-order valence-corrected chi connectivity index (χ4v) is 6.32. The Kier molecular flexibility index (Phi) is 11.0. The molecule has 3 atom stereocenters. The summed E-state index contributed by atoms with van der Waals surface area (Å²) < 4.78 is 109. The molecule has 246 valence electrons. The molecular formula is C32H31F6N3O4S. The van der Waals surface area contributed by atoms with Crippen molar-refractivity contribution in [3.05, 3.63) is 94.8 Å². The summed E-state index contributed by atoms with van der Waals surface area (Å²) in [6.07, 6.45) is -3.89. The minimum atomic E-state index is -4.50. The zero-order valence-electron chi connectivity index (χ0n) is 24.6. The van der Waals surface area contributed by atoms with Crippen LogP contribution < -0.4 is 10.2 Å². The van der Waals surface area contributed by atoms with Gasteiger partial charge in [-0.2, -0.15) is 27.2 Å². The van der Waals surface area contributed by atoms with E-state index in [1.807, 2.05) is 6.07 Å². The van der Waals surface area contributed by atoms with Crippen molar-refractivity contribution in [3.8, 4) is 6.07 Å². The number of benzene rings is 3. The number of alkyl halides is 5. The van der Waals surface area contributed by atoms with Gasteiger partial charge in [0.05, 0.1) is 53.0 Å². The second-order valence-corrected chi connectivity index (χ2v) is 13.1. The standard InChI is InChI=1S/C32H31F6N3O4S/c1-2-46(43,44)26-12-6-21(7-13-26)29(15-16-39)40-30(42)27-14-11-24(17-28(27)33)41-18-22(5-10-25(41)19-45-31(34)35)20-3-8-23(9-4-20)32(36,37)38/h3-4,6-9,11-14,17,22,25,29,31H,2,5,10,15,18-19H2,1H3,(H,40,42)/t22-,25+,29+/m1/s1. The molecule has 1 N–H and O–H groups in total. The lowest BCUT2D eigenvalue weighted by Crippen LogP contribution is -2.45. The molecule has 1 aliphatic rings. The summed E-state index contributed by atoms with van der Waals surface area (Å²) in [6.45, 7) is -1.75. The third kappa shape index (κ3) is 8.38. The van der Waals surface area contributed by atoms with Crippen molar-refractivity contribution in [1.82, 2.24) is 5.32 Å². The van der Waals surface area contributed by atoms with E-state index in [1.165, 1.54) is 55.5 Å². The number of sulfone groups is 1. The number of anilines is 1. The molecule has 0 radical (unpaired) electrons. The van der Waals surface area contributed by atoms with Gasteiger partial charge in [-0.3, -0.25) is 4.79 Å². The number of nitriles is 1. The molecule has 0 saturated carbocycles. The van der Waals surface area contributed by atoms with Gasteiger partial charge in [-0.25, -0.2) is 12.8 Å². The Morgan fingerprint density at radius 1 is 1.07 bits per heavy atom. The van der Waals surface area contributed by atoms with E-state index >= 15 is 4.39 Å². The number of hydrogen-bond donors (Lipinski definition) is 1. The molecule has 1 saturated heterocycles. The summed E-state index contributed by atoms with van der Waals surface area (Å²) in [5.41, 5.74) is 0.142. The van der Waals surface area contributed by atoms with Gasteiger partial charge >= 0.3 is 12.8 Å². The van der Waals surface area contributed by atoms with Gasteiger partial charge in [-0.1, -0.05) is 31.2 Å². The lowest BCUT2D eigenvalue weighted by Gasteiger charge is -2.41. The van der Waals surface area contributed by atoms with E-state index in [0.717, 1.165) is 18.2 Å². The van der Waals surface area contributed by atoms with Crippen molar-refractivity contribution in [2.24, 2.45) is 0 Å². The largest absolute Gasteiger partial charge is 0.416 e. The van der Waals surface area contributed by atoms with Crippen LogP contribution in [0.3, 0.4) is 0 Å². The zero-order chi connectivity index (χ0) is 33.6. The molecule has 3 aromatic rings. The number of piperidine rings is 1. The molecule has 0 bridgehead atoms. The number of nitrogens with one attached hydrogen (secondary N) is 1. The van der Waals surface area contributed by atoms with Crippen molar-refractivity contribution < 1.29 is 44.3 Å². The summed E-state index contributed by atoms with van der Waals surface area (Å²) in [5, 5.41) is 11.9. The average Bonchev–Trinajstić information content (AvgIpc) is 3.03. The topological polar surface area (TPSA) is 99.5 Å². The molecule has 7 nitrogen and oxygen atoms in total. The number of nitrogens with zero attached hydrogens (tertiary/aromatic N) is 2. The summed E-state index contributed by atoms with van der Waals surface area (Å²) in [7, 11) is -3.47. The smallest absolute Gasteiger partial charge is 0.366 e. The van der Waals surface area contributed by atoms with Crippen LogP contribution in [0.15, 0.2) is 71.6 Å². The maximum Gasteiger partial charge on any atom is 0.416 e. The van der Waals surface area contributed by atoms with E-state index in [4.69, 9.17) is 0 Å². The molecule has 0 aromatic heterocycles. The van der Waals surface area contributed by atoms with Crippen molar-refractivity contribution in [2.45, 2.75) is 61.9 Å². The van der Waals surface area contributed by atoms with Gasteiger partial charge in [0.15, 0.2) is 9.84 Å². The number of carbonyl (C=O) groups is 1. The van der Waals surface area contributed by atoms with Crippen molar-refractivity contribution in [2.75, 3.05) is 23.8 Å². The molecule has 0 aliphatic carbocycles. The number of rotatable bonds is 11. The van der Waals surface area contributed by atoms with E-state index < -0.39 is 52.0 Å². The minimum Gasteiger partial charge on any atom is -0.366 e. The van der Waals surface area contributed by atoms with Gasteiger partial charge in [0, 0.05) is 18.2 Å². The molecule has 0 unspecified atom stereocenters. The highest BCUT2D eigenvalue weighted by molar-refractivity contribution is 7.91. The predicted molar refractivity (Wildman–Crippen MR) is 158 cm³/mol. The van der Waals surface area contributed by atoms with Crippen LogP contribution in [0.2, 0.25) is 0 Å². The fraction of sp³-hybridized carbons (Fsp3) is 0.375. The first-order chi connectivity index (χ1) is 21.7. The van der Waals surface area contributed by atoms with E-state index in [-0.39, 0.29) is 47.4 Å². The van der Waals surface area contributed by atoms with Crippen LogP contribution in [0.25, 0.3) is 0 Å². The quantitative estimate of drug-likeness (QED) is 0.221. The zero-order valence-corrected chi connectivity index (χ0v) is 25.4. The third-order valence-electron chi connectivity index (χ3n) is 7.98. The van der Waals surface area contributed by atoms with Gasteiger partial charge in [-0.15, -0.1) is 0 Å². The van der Waals surface area contributed by atoms with Crippen LogP contribution >= 0.6 is 0 Å². The summed E-state index contributed by atoms with van der Waals surface area (Å²) in [5.74, 6) is -2.16. The first-order valence-corrected chi connectivity index (χ1v) is 16.0. The first kappa shape index (κ1) is 34.8. The highest BCUT2D eigenvalue weighted by Gasteiger charge is 2.33. The molecule has 1 aliphatic heterocycles. The Hall–Kier alpha value is -4.09. The second kappa shape index (κ2) is 14.6. The van der Waals surface area contributed by atoms with E-state index in [9.17, 15) is 40.4 Å². The lowest BCUT2D eigenvalue weighted by atomic mass is 9.86. The van der Waals surface area contributed by atoms with Crippen LogP contribution in [0.5, 0.6) is 0 Å². The van der Waals surface area contributed by atoms with E-state index in [0.29, 0.717) is 24.0 Å². The average molecular weight is 668 g/mol. The predicted octanol–water partition coefficient (Wildman–Crippen LogP) is 7.01. The number of halogens is 6. The molecular weight excluding hydrogens is 636 g/mol. The van der Waals surface area contributed by atoms with Crippen LogP contribution in [0.4, 0.5) is 32.0 Å². The van der Waals surface area contributed by atoms with Gasteiger partial charge in [-0.05, 0) is 66.4 Å². The third-order valence-corrected chi connectivity index (χ3v) is 9.73. The fourth-order valence-electron chi connectivity index (χ4n) is 5.44. The van der Waals surface area contributed by atoms with Crippen LogP contribution in [0, 0.1) is 17.1 Å². The molecule has 0 spiro atoms. The number of carbonyl (C=O) groups excluding carboxylic acids is 1. The Bertz CT molecular complexity index is 1660. The van der Waals surface area contributed by atoms with Gasteiger partial charge < -0.3 is 15.0 Å². The summed E-state index contributed by atoms with van der Waals surface area (Å²) in [4.78, 5) is 14.8. The maximum absolute atomic E-state index is 15.5. The number of ether oxygens (including phenoxy) is 1. The van der Waals surface area contributed by atoms with E-state index in [1.54, 1.807) is 4.90 Å². The normalized spacial score (nSPS) is 17.8. The highest BCUT2D eigenvalue weighted by Crippen LogP contribution is 2.36. The van der Waals surface area contributed by atoms with Gasteiger partial charge in [0.1, 0.15) is 5.82 Å². The van der Waals surface area contributed by atoms with Crippen LogP contribution in [-0.2, 0) is 20.8 Å². The summed E-state index contributed by atoms with van der Waals surface area (Å²) in [6, 6.07) is 14.5. The summed E-state index contributed by atoms with van der Waals surface area (Å²) >= 11 is 0. The first-order valence-electron chi connectivity index (χ1n) is 14.4. The van der Waals surface area contributed by atoms with Gasteiger partial charge in [0.25, 0.3) is 5.91 Å². The maximum atomic E-state index is 15.5. The second-order valence-electron chi connectivity index (χ2n) is 10.8. The number of amides is 1. The molecule has 1 heterocycles. The van der Waals surface area contributed by atoms with Crippen molar-refractivity contribution in [3.63, 3.8) is 0 Å². The highest BCUT2D eigenvalue weighted by atomic mass is 32.2.